The average molecular weight is 198 g/mol. The summed E-state index contributed by atoms with van der Waals surface area (Å²) in [5, 5.41) is 7.57. The molecule has 2 atom stereocenters. The molecule has 0 aromatic carbocycles. The lowest BCUT2D eigenvalue weighted by Gasteiger charge is -2.08. The zero-order valence-electron chi connectivity index (χ0n) is 8.18. The van der Waals surface area contributed by atoms with Gasteiger partial charge in [-0.15, -0.1) is 0 Å². The first-order valence-electron chi connectivity index (χ1n) is 5.36. The lowest BCUT2D eigenvalue weighted by Crippen LogP contribution is -2.38. The van der Waals surface area contributed by atoms with Gasteiger partial charge in [-0.05, 0) is 43.8 Å². The number of hydrogen-bond donors (Lipinski definition) is 2. The molecule has 0 aliphatic heterocycles. The second-order valence-electron chi connectivity index (χ2n) is 4.28. The van der Waals surface area contributed by atoms with E-state index in [1.165, 1.54) is 32.1 Å². The summed E-state index contributed by atoms with van der Waals surface area (Å²) in [5.74, 6) is 0.893. The summed E-state index contributed by atoms with van der Waals surface area (Å²) >= 11 is 5.20. The van der Waals surface area contributed by atoms with Gasteiger partial charge in [0.15, 0.2) is 5.11 Å². The lowest BCUT2D eigenvalue weighted by atomic mass is 10.2. The number of thiocarbonyl (C=S) groups is 1. The molecule has 2 nitrogen and oxygen atoms in total. The van der Waals surface area contributed by atoms with Crippen LogP contribution >= 0.6 is 12.2 Å². The Morgan fingerprint density at radius 2 is 2.15 bits per heavy atom. The summed E-state index contributed by atoms with van der Waals surface area (Å²) < 4.78 is 0. The highest BCUT2D eigenvalue weighted by molar-refractivity contribution is 7.80. The zero-order valence-corrected chi connectivity index (χ0v) is 8.99. The Kier molecular flexibility index (Phi) is 2.72. The van der Waals surface area contributed by atoms with E-state index >= 15 is 0 Å². The Morgan fingerprint density at radius 1 is 1.38 bits per heavy atom. The van der Waals surface area contributed by atoms with Crippen LogP contribution in [-0.4, -0.2) is 17.2 Å². The van der Waals surface area contributed by atoms with Gasteiger partial charge < -0.3 is 10.6 Å². The molecule has 74 valence electrons. The summed E-state index contributed by atoms with van der Waals surface area (Å²) in [6, 6.07) is 1.36. The number of hydrogen-bond acceptors (Lipinski definition) is 1. The van der Waals surface area contributed by atoms with Crippen LogP contribution in [0.4, 0.5) is 0 Å². The van der Waals surface area contributed by atoms with Gasteiger partial charge in [-0.1, -0.05) is 13.3 Å². The smallest absolute Gasteiger partial charge is 0.166 e. The molecule has 0 aromatic rings. The standard InChI is InChI=1S/C10H18N2S/c1-2-3-7-6-9(7)12-10(13)11-8-4-5-8/h7-9H,2-6H2,1H3,(H2,11,12,13). The summed E-state index contributed by atoms with van der Waals surface area (Å²) in [7, 11) is 0. The van der Waals surface area contributed by atoms with Crippen LogP contribution in [0, 0.1) is 5.92 Å². The second-order valence-corrected chi connectivity index (χ2v) is 4.69. The van der Waals surface area contributed by atoms with Crippen molar-refractivity contribution in [3.63, 3.8) is 0 Å². The van der Waals surface area contributed by atoms with Crippen molar-refractivity contribution in [3.05, 3.63) is 0 Å². The molecule has 0 saturated heterocycles. The maximum atomic E-state index is 5.20. The van der Waals surface area contributed by atoms with Gasteiger partial charge in [0.25, 0.3) is 0 Å². The molecule has 0 amide bonds. The predicted molar refractivity (Wildman–Crippen MR) is 58.7 cm³/mol. The van der Waals surface area contributed by atoms with E-state index in [-0.39, 0.29) is 0 Å². The van der Waals surface area contributed by atoms with Crippen LogP contribution in [0.15, 0.2) is 0 Å². The van der Waals surface area contributed by atoms with Gasteiger partial charge in [0.05, 0.1) is 0 Å². The topological polar surface area (TPSA) is 24.1 Å². The molecule has 13 heavy (non-hydrogen) atoms. The SMILES string of the molecule is CCCC1CC1NC(=S)NC1CC1. The van der Waals surface area contributed by atoms with Crippen LogP contribution in [0.2, 0.25) is 0 Å². The van der Waals surface area contributed by atoms with Gasteiger partial charge in [0.1, 0.15) is 0 Å². The second kappa shape index (κ2) is 3.82. The molecule has 2 saturated carbocycles. The summed E-state index contributed by atoms with van der Waals surface area (Å²) in [6.45, 7) is 2.25. The highest BCUT2D eigenvalue weighted by Gasteiger charge is 2.36. The van der Waals surface area contributed by atoms with E-state index in [1.807, 2.05) is 0 Å². The van der Waals surface area contributed by atoms with E-state index in [4.69, 9.17) is 12.2 Å². The fourth-order valence-electron chi connectivity index (χ4n) is 1.74. The van der Waals surface area contributed by atoms with Gasteiger partial charge in [-0.3, -0.25) is 0 Å². The molecule has 2 aliphatic rings. The summed E-state index contributed by atoms with van der Waals surface area (Å²) in [5.41, 5.74) is 0. The Balaban J connectivity index is 1.59. The molecule has 2 fully saturated rings. The molecule has 2 N–H and O–H groups in total. The largest absolute Gasteiger partial charge is 0.360 e. The van der Waals surface area contributed by atoms with Gasteiger partial charge in [0, 0.05) is 12.1 Å². The lowest BCUT2D eigenvalue weighted by molar-refractivity contribution is 0.658. The van der Waals surface area contributed by atoms with E-state index in [2.05, 4.69) is 17.6 Å². The predicted octanol–water partition coefficient (Wildman–Crippen LogP) is 1.80. The average Bonchev–Trinajstić information content (AvgIpc) is 2.92. The molecule has 2 rings (SSSR count). The maximum absolute atomic E-state index is 5.20. The molecule has 0 radical (unpaired) electrons. The fraction of sp³-hybridized carbons (Fsp3) is 0.900. The first kappa shape index (κ1) is 9.25. The van der Waals surface area contributed by atoms with E-state index in [9.17, 15) is 0 Å². The monoisotopic (exact) mass is 198 g/mol. The van der Waals surface area contributed by atoms with Crippen molar-refractivity contribution in [1.82, 2.24) is 10.6 Å². The van der Waals surface area contributed by atoms with Crippen molar-refractivity contribution < 1.29 is 0 Å². The van der Waals surface area contributed by atoms with Crippen molar-refractivity contribution in [1.29, 1.82) is 0 Å². The van der Waals surface area contributed by atoms with Crippen molar-refractivity contribution in [3.8, 4) is 0 Å². The van der Waals surface area contributed by atoms with Crippen LogP contribution in [0.25, 0.3) is 0 Å². The highest BCUT2D eigenvalue weighted by Crippen LogP contribution is 2.34. The molecule has 2 aliphatic carbocycles. The van der Waals surface area contributed by atoms with Crippen LogP contribution in [0.1, 0.15) is 39.0 Å². The molecule has 2 unspecified atom stereocenters. The Bertz CT molecular complexity index is 201. The van der Waals surface area contributed by atoms with Gasteiger partial charge >= 0.3 is 0 Å². The summed E-state index contributed by atoms with van der Waals surface area (Å²) in [4.78, 5) is 0. The number of rotatable bonds is 4. The minimum absolute atomic E-state index is 0.679. The summed E-state index contributed by atoms with van der Waals surface area (Å²) in [6.07, 6.45) is 6.56. The van der Waals surface area contributed by atoms with Gasteiger partial charge in [-0.25, -0.2) is 0 Å². The van der Waals surface area contributed by atoms with Crippen molar-refractivity contribution >= 4 is 17.3 Å². The molecule has 3 heteroatoms. The molecular formula is C10H18N2S. The van der Waals surface area contributed by atoms with Gasteiger partial charge in [-0.2, -0.15) is 0 Å². The molecule has 0 bridgehead atoms. The molecule has 0 spiro atoms. The third-order valence-electron chi connectivity index (χ3n) is 2.81. The Labute approximate surface area is 85.5 Å². The highest BCUT2D eigenvalue weighted by atomic mass is 32.1. The Hall–Kier alpha value is -0.310. The third kappa shape index (κ3) is 2.83. The Morgan fingerprint density at radius 3 is 2.77 bits per heavy atom. The van der Waals surface area contributed by atoms with E-state index in [1.54, 1.807) is 0 Å². The zero-order chi connectivity index (χ0) is 9.26. The maximum Gasteiger partial charge on any atom is 0.166 e. The molecule has 0 aromatic heterocycles. The van der Waals surface area contributed by atoms with Crippen LogP contribution in [0.3, 0.4) is 0 Å². The van der Waals surface area contributed by atoms with Crippen LogP contribution in [0.5, 0.6) is 0 Å². The fourth-order valence-corrected chi connectivity index (χ4v) is 2.06. The molecule has 0 heterocycles. The van der Waals surface area contributed by atoms with Gasteiger partial charge in [0.2, 0.25) is 0 Å². The van der Waals surface area contributed by atoms with E-state index < -0.39 is 0 Å². The van der Waals surface area contributed by atoms with Crippen LogP contribution in [-0.2, 0) is 0 Å². The van der Waals surface area contributed by atoms with E-state index in [0.29, 0.717) is 12.1 Å². The van der Waals surface area contributed by atoms with Crippen molar-refractivity contribution in [2.24, 2.45) is 5.92 Å². The first-order chi connectivity index (χ1) is 6.29. The van der Waals surface area contributed by atoms with Crippen molar-refractivity contribution in [2.75, 3.05) is 0 Å². The van der Waals surface area contributed by atoms with Crippen molar-refractivity contribution in [2.45, 2.75) is 51.1 Å². The minimum atomic E-state index is 0.679. The number of nitrogens with one attached hydrogen (secondary N) is 2. The normalized spacial score (nSPS) is 31.2. The molecular weight excluding hydrogens is 180 g/mol. The minimum Gasteiger partial charge on any atom is -0.360 e. The third-order valence-corrected chi connectivity index (χ3v) is 3.05. The first-order valence-corrected chi connectivity index (χ1v) is 5.77. The quantitative estimate of drug-likeness (QED) is 0.674. The van der Waals surface area contributed by atoms with E-state index in [0.717, 1.165) is 11.0 Å². The van der Waals surface area contributed by atoms with Crippen LogP contribution < -0.4 is 10.6 Å².